The van der Waals surface area contributed by atoms with E-state index in [1.54, 1.807) is 6.07 Å². The van der Waals surface area contributed by atoms with Crippen molar-refractivity contribution >= 4 is 23.2 Å². The van der Waals surface area contributed by atoms with Gasteiger partial charge in [-0.1, -0.05) is 41.9 Å². The van der Waals surface area contributed by atoms with Crippen LogP contribution in [0.2, 0.25) is 5.02 Å². The van der Waals surface area contributed by atoms with Gasteiger partial charge in [-0.2, -0.15) is 0 Å². The smallest absolute Gasteiger partial charge is 0.225 e. The Bertz CT molecular complexity index is 794. The highest BCUT2D eigenvalue weighted by atomic mass is 35.5. The zero-order valence-corrected chi connectivity index (χ0v) is 17.7. The molecule has 0 aromatic heterocycles. The molecule has 1 saturated heterocycles. The minimum atomic E-state index is -0.508. The number of likely N-dealkylation sites (tertiary alicyclic amines) is 1. The molecular weight excluding hydrogens is 389 g/mol. The van der Waals surface area contributed by atoms with Crippen LogP contribution in [0, 0.1) is 11.7 Å². The SMILES string of the molecule is CN(Cc1ccccc1)CC1CCN(CCC(=O)Nc2ccc(Cl)cc2F)CC1. The van der Waals surface area contributed by atoms with Crippen LogP contribution in [0.1, 0.15) is 24.8 Å². The van der Waals surface area contributed by atoms with E-state index in [-0.39, 0.29) is 11.6 Å². The highest BCUT2D eigenvalue weighted by Gasteiger charge is 2.21. The lowest BCUT2D eigenvalue weighted by Crippen LogP contribution is -2.39. The molecule has 29 heavy (non-hydrogen) atoms. The van der Waals surface area contributed by atoms with Crippen LogP contribution in [0.3, 0.4) is 0 Å². The molecular formula is C23H29ClFN3O. The van der Waals surface area contributed by atoms with Gasteiger partial charge in [-0.25, -0.2) is 4.39 Å². The van der Waals surface area contributed by atoms with Crippen molar-refractivity contribution in [2.75, 3.05) is 38.5 Å². The van der Waals surface area contributed by atoms with E-state index in [4.69, 9.17) is 11.6 Å². The topological polar surface area (TPSA) is 35.6 Å². The Kier molecular flexibility index (Phi) is 8.04. The minimum Gasteiger partial charge on any atom is -0.324 e. The zero-order valence-electron chi connectivity index (χ0n) is 16.9. The van der Waals surface area contributed by atoms with Crippen molar-refractivity contribution in [1.82, 2.24) is 9.80 Å². The standard InChI is InChI=1S/C23H29ClFN3O/c1-27(16-18-5-3-2-4-6-18)17-19-9-12-28(13-10-19)14-11-23(29)26-22-8-7-20(24)15-21(22)25/h2-8,15,19H,9-14,16-17H2,1H3,(H,26,29). The monoisotopic (exact) mass is 417 g/mol. The summed E-state index contributed by atoms with van der Waals surface area (Å²) in [4.78, 5) is 16.8. The number of nitrogens with one attached hydrogen (secondary N) is 1. The summed E-state index contributed by atoms with van der Waals surface area (Å²) in [7, 11) is 2.18. The number of benzene rings is 2. The van der Waals surface area contributed by atoms with Crippen LogP contribution >= 0.6 is 11.6 Å². The summed E-state index contributed by atoms with van der Waals surface area (Å²) < 4.78 is 13.8. The Morgan fingerprint density at radius 1 is 1.21 bits per heavy atom. The molecule has 6 heteroatoms. The van der Waals surface area contributed by atoms with E-state index in [1.165, 1.54) is 17.7 Å². The Hall–Kier alpha value is -1.95. The van der Waals surface area contributed by atoms with Crippen LogP contribution in [0.5, 0.6) is 0 Å². The molecule has 1 amide bonds. The maximum Gasteiger partial charge on any atom is 0.225 e. The van der Waals surface area contributed by atoms with Crippen LogP contribution in [0.4, 0.5) is 10.1 Å². The first kappa shape index (κ1) is 21.8. The molecule has 1 heterocycles. The normalized spacial score (nSPS) is 15.6. The van der Waals surface area contributed by atoms with E-state index >= 15 is 0 Å². The van der Waals surface area contributed by atoms with Gasteiger partial charge in [0.05, 0.1) is 5.69 Å². The maximum atomic E-state index is 13.8. The van der Waals surface area contributed by atoms with Crippen molar-refractivity contribution < 1.29 is 9.18 Å². The number of carbonyl (C=O) groups excluding carboxylic acids is 1. The van der Waals surface area contributed by atoms with E-state index in [0.29, 0.717) is 23.9 Å². The Morgan fingerprint density at radius 2 is 1.93 bits per heavy atom. The van der Waals surface area contributed by atoms with Gasteiger partial charge in [-0.05, 0) is 62.7 Å². The second-order valence-corrected chi connectivity index (χ2v) is 8.33. The molecule has 0 aliphatic carbocycles. The molecule has 2 aromatic rings. The molecule has 2 aromatic carbocycles. The lowest BCUT2D eigenvalue weighted by molar-refractivity contribution is -0.116. The summed E-state index contributed by atoms with van der Waals surface area (Å²) in [6, 6.07) is 14.8. The lowest BCUT2D eigenvalue weighted by Gasteiger charge is -2.33. The number of amides is 1. The Balaban J connectivity index is 1.34. The van der Waals surface area contributed by atoms with E-state index < -0.39 is 5.82 Å². The van der Waals surface area contributed by atoms with Crippen LogP contribution in [0.15, 0.2) is 48.5 Å². The molecule has 0 radical (unpaired) electrons. The average molecular weight is 418 g/mol. The fourth-order valence-corrected chi connectivity index (χ4v) is 4.02. The second kappa shape index (κ2) is 10.7. The quantitative estimate of drug-likeness (QED) is 0.679. The first-order valence-electron chi connectivity index (χ1n) is 10.2. The van der Waals surface area contributed by atoms with Crippen molar-refractivity contribution in [3.8, 4) is 0 Å². The molecule has 0 saturated carbocycles. The van der Waals surface area contributed by atoms with Crippen LogP contribution in [-0.2, 0) is 11.3 Å². The van der Waals surface area contributed by atoms with Gasteiger partial charge in [-0.3, -0.25) is 4.79 Å². The maximum absolute atomic E-state index is 13.8. The number of carbonyl (C=O) groups is 1. The first-order chi connectivity index (χ1) is 14.0. The van der Waals surface area contributed by atoms with Crippen molar-refractivity contribution in [3.63, 3.8) is 0 Å². The minimum absolute atomic E-state index is 0.170. The third kappa shape index (κ3) is 7.11. The highest BCUT2D eigenvalue weighted by Crippen LogP contribution is 2.21. The molecule has 0 unspecified atom stereocenters. The Morgan fingerprint density at radius 3 is 2.62 bits per heavy atom. The summed E-state index contributed by atoms with van der Waals surface area (Å²) >= 11 is 5.74. The van der Waals surface area contributed by atoms with Gasteiger partial charge in [0, 0.05) is 31.1 Å². The molecule has 1 aliphatic rings. The van der Waals surface area contributed by atoms with E-state index in [1.807, 2.05) is 6.07 Å². The molecule has 4 nitrogen and oxygen atoms in total. The van der Waals surface area contributed by atoms with E-state index in [2.05, 4.69) is 46.4 Å². The molecule has 1 fully saturated rings. The summed E-state index contributed by atoms with van der Waals surface area (Å²) in [6.45, 7) is 4.79. The predicted octanol–water partition coefficient (Wildman–Crippen LogP) is 4.65. The number of anilines is 1. The molecule has 156 valence electrons. The lowest BCUT2D eigenvalue weighted by atomic mass is 9.96. The van der Waals surface area contributed by atoms with E-state index in [9.17, 15) is 9.18 Å². The number of hydrogen-bond acceptors (Lipinski definition) is 3. The summed E-state index contributed by atoms with van der Waals surface area (Å²) in [5.74, 6) is 0.0131. The van der Waals surface area contributed by atoms with Gasteiger partial charge < -0.3 is 15.1 Å². The summed E-state index contributed by atoms with van der Waals surface area (Å²) in [5, 5.41) is 2.95. The average Bonchev–Trinajstić information content (AvgIpc) is 2.70. The third-order valence-electron chi connectivity index (χ3n) is 5.43. The third-order valence-corrected chi connectivity index (χ3v) is 5.67. The fraction of sp³-hybridized carbons (Fsp3) is 0.435. The predicted molar refractivity (Wildman–Crippen MR) is 117 cm³/mol. The number of piperidine rings is 1. The first-order valence-corrected chi connectivity index (χ1v) is 10.6. The van der Waals surface area contributed by atoms with Gasteiger partial charge in [-0.15, -0.1) is 0 Å². The largest absolute Gasteiger partial charge is 0.324 e. The summed E-state index contributed by atoms with van der Waals surface area (Å²) in [6.07, 6.45) is 2.65. The fourth-order valence-electron chi connectivity index (χ4n) is 3.86. The number of nitrogens with zero attached hydrogens (tertiary/aromatic N) is 2. The van der Waals surface area contributed by atoms with Crippen LogP contribution in [0.25, 0.3) is 0 Å². The van der Waals surface area contributed by atoms with Gasteiger partial charge in [0.1, 0.15) is 5.82 Å². The van der Waals surface area contributed by atoms with Gasteiger partial charge in [0.2, 0.25) is 5.91 Å². The van der Waals surface area contributed by atoms with E-state index in [0.717, 1.165) is 39.0 Å². The van der Waals surface area contributed by atoms with Crippen molar-refractivity contribution in [3.05, 3.63) is 64.9 Å². The van der Waals surface area contributed by atoms with Crippen LogP contribution in [-0.4, -0.2) is 48.9 Å². The zero-order chi connectivity index (χ0) is 20.6. The Labute approximate surface area is 177 Å². The molecule has 1 N–H and O–H groups in total. The molecule has 0 atom stereocenters. The molecule has 3 rings (SSSR count). The summed E-state index contributed by atoms with van der Waals surface area (Å²) in [5.41, 5.74) is 1.52. The molecule has 1 aliphatic heterocycles. The molecule has 0 bridgehead atoms. The molecule has 0 spiro atoms. The second-order valence-electron chi connectivity index (χ2n) is 7.89. The number of hydrogen-bond donors (Lipinski definition) is 1. The van der Waals surface area contributed by atoms with Gasteiger partial charge in [0.15, 0.2) is 0 Å². The number of rotatable bonds is 8. The van der Waals surface area contributed by atoms with Gasteiger partial charge >= 0.3 is 0 Å². The van der Waals surface area contributed by atoms with Crippen LogP contribution < -0.4 is 5.32 Å². The van der Waals surface area contributed by atoms with Crippen molar-refractivity contribution in [2.24, 2.45) is 5.92 Å². The van der Waals surface area contributed by atoms with Crippen molar-refractivity contribution in [2.45, 2.75) is 25.8 Å². The van der Waals surface area contributed by atoms with Gasteiger partial charge in [0.25, 0.3) is 0 Å². The van der Waals surface area contributed by atoms with Crippen molar-refractivity contribution in [1.29, 1.82) is 0 Å². The number of halogens is 2. The highest BCUT2D eigenvalue weighted by molar-refractivity contribution is 6.30.